The number of amides is 3. The standard InChI is InChI=1S/C15H12N2O2.C2H6/c18-13-15(17-14(19)16-13,11-7-3-1-4-8-11)12-9-5-2-6-10-12;1-2/h1-10H,(H2,16,17,18,19);1-2H3. The zero-order chi connectivity index (χ0) is 15.3. The summed E-state index contributed by atoms with van der Waals surface area (Å²) in [5.41, 5.74) is 0.341. The molecule has 108 valence electrons. The molecule has 3 amide bonds. The van der Waals surface area contributed by atoms with Crippen molar-refractivity contribution in [3.63, 3.8) is 0 Å². The van der Waals surface area contributed by atoms with Gasteiger partial charge in [0.25, 0.3) is 5.91 Å². The Balaban J connectivity index is 0.000000774. The van der Waals surface area contributed by atoms with Crippen molar-refractivity contribution in [1.82, 2.24) is 10.6 Å². The van der Waals surface area contributed by atoms with E-state index in [0.29, 0.717) is 0 Å². The van der Waals surface area contributed by atoms with Crippen molar-refractivity contribution >= 4 is 11.9 Å². The molecule has 2 N–H and O–H groups in total. The average molecular weight is 282 g/mol. The lowest BCUT2D eigenvalue weighted by molar-refractivity contribution is -0.122. The van der Waals surface area contributed by atoms with Crippen molar-refractivity contribution in [2.24, 2.45) is 0 Å². The van der Waals surface area contributed by atoms with Crippen LogP contribution in [-0.4, -0.2) is 11.9 Å². The van der Waals surface area contributed by atoms with E-state index in [2.05, 4.69) is 10.6 Å². The highest BCUT2D eigenvalue weighted by molar-refractivity contribution is 6.09. The second-order valence-corrected chi connectivity index (χ2v) is 4.39. The number of imide groups is 1. The van der Waals surface area contributed by atoms with Gasteiger partial charge in [0, 0.05) is 0 Å². The minimum atomic E-state index is -1.14. The lowest BCUT2D eigenvalue weighted by Crippen LogP contribution is -2.44. The van der Waals surface area contributed by atoms with Crippen LogP contribution in [0.1, 0.15) is 25.0 Å². The summed E-state index contributed by atoms with van der Waals surface area (Å²) in [5.74, 6) is -0.352. The highest BCUT2D eigenvalue weighted by Crippen LogP contribution is 2.32. The predicted molar refractivity (Wildman–Crippen MR) is 81.7 cm³/mol. The highest BCUT2D eigenvalue weighted by atomic mass is 16.2. The zero-order valence-corrected chi connectivity index (χ0v) is 12.1. The number of urea groups is 1. The van der Waals surface area contributed by atoms with E-state index < -0.39 is 11.6 Å². The van der Waals surface area contributed by atoms with Crippen LogP contribution in [0.15, 0.2) is 60.7 Å². The molecule has 0 bridgehead atoms. The fraction of sp³-hybridized carbons (Fsp3) is 0.176. The molecule has 1 saturated heterocycles. The molecule has 0 aromatic heterocycles. The van der Waals surface area contributed by atoms with E-state index in [1.165, 1.54) is 0 Å². The van der Waals surface area contributed by atoms with Crippen LogP contribution in [0.5, 0.6) is 0 Å². The summed E-state index contributed by atoms with van der Waals surface area (Å²) in [5, 5.41) is 5.07. The van der Waals surface area contributed by atoms with E-state index in [1.54, 1.807) is 0 Å². The van der Waals surface area contributed by atoms with Gasteiger partial charge in [-0.05, 0) is 11.1 Å². The number of hydrogen-bond acceptors (Lipinski definition) is 2. The maximum atomic E-state index is 12.3. The first kappa shape index (κ1) is 14.8. The molecule has 1 fully saturated rings. The van der Waals surface area contributed by atoms with Gasteiger partial charge in [0.15, 0.2) is 5.54 Å². The zero-order valence-electron chi connectivity index (χ0n) is 12.1. The smallest absolute Gasteiger partial charge is 0.316 e. The molecule has 0 atom stereocenters. The molecule has 4 nitrogen and oxygen atoms in total. The first-order chi connectivity index (χ1) is 10.2. The van der Waals surface area contributed by atoms with Crippen molar-refractivity contribution in [3.05, 3.63) is 71.8 Å². The second-order valence-electron chi connectivity index (χ2n) is 4.39. The Kier molecular flexibility index (Phi) is 4.38. The van der Waals surface area contributed by atoms with Crippen LogP contribution >= 0.6 is 0 Å². The molecule has 1 aliphatic heterocycles. The molecule has 0 aliphatic carbocycles. The Labute approximate surface area is 124 Å². The lowest BCUT2D eigenvalue weighted by atomic mass is 9.83. The molecule has 0 unspecified atom stereocenters. The van der Waals surface area contributed by atoms with Gasteiger partial charge in [-0.1, -0.05) is 74.5 Å². The van der Waals surface area contributed by atoms with E-state index >= 15 is 0 Å². The molecule has 2 aromatic carbocycles. The summed E-state index contributed by atoms with van der Waals surface area (Å²) < 4.78 is 0. The number of rotatable bonds is 2. The third kappa shape index (κ3) is 2.52. The molecule has 0 radical (unpaired) electrons. The normalized spacial score (nSPS) is 15.5. The first-order valence-electron chi connectivity index (χ1n) is 6.98. The first-order valence-corrected chi connectivity index (χ1v) is 6.98. The van der Waals surface area contributed by atoms with Gasteiger partial charge >= 0.3 is 6.03 Å². The topological polar surface area (TPSA) is 58.2 Å². The van der Waals surface area contributed by atoms with Gasteiger partial charge in [0.2, 0.25) is 0 Å². The maximum absolute atomic E-state index is 12.3. The lowest BCUT2D eigenvalue weighted by Gasteiger charge is -2.27. The molecule has 21 heavy (non-hydrogen) atoms. The van der Waals surface area contributed by atoms with Gasteiger partial charge in [0.05, 0.1) is 0 Å². The third-order valence-electron chi connectivity index (χ3n) is 3.28. The van der Waals surface area contributed by atoms with Crippen LogP contribution in [0.25, 0.3) is 0 Å². The fourth-order valence-electron chi connectivity index (χ4n) is 2.40. The minimum Gasteiger partial charge on any atom is -0.316 e. The quantitative estimate of drug-likeness (QED) is 0.832. The van der Waals surface area contributed by atoms with Crippen LogP contribution in [0.3, 0.4) is 0 Å². The van der Waals surface area contributed by atoms with Gasteiger partial charge in [0.1, 0.15) is 0 Å². The average Bonchev–Trinajstić information content (AvgIpc) is 2.86. The Hall–Kier alpha value is -2.62. The largest absolute Gasteiger partial charge is 0.322 e. The van der Waals surface area contributed by atoms with Crippen molar-refractivity contribution in [1.29, 1.82) is 0 Å². The number of hydrogen-bond donors (Lipinski definition) is 2. The van der Waals surface area contributed by atoms with E-state index in [1.807, 2.05) is 74.5 Å². The summed E-state index contributed by atoms with van der Waals surface area (Å²) in [6, 6.07) is 18.0. The second kappa shape index (κ2) is 6.22. The summed E-state index contributed by atoms with van der Waals surface area (Å²) in [6.07, 6.45) is 0. The molecular formula is C17H18N2O2. The van der Waals surface area contributed by atoms with Crippen molar-refractivity contribution in [2.75, 3.05) is 0 Å². The minimum absolute atomic E-state index is 0.352. The van der Waals surface area contributed by atoms with Gasteiger partial charge in [-0.25, -0.2) is 4.79 Å². The van der Waals surface area contributed by atoms with E-state index in [9.17, 15) is 9.59 Å². The fourth-order valence-corrected chi connectivity index (χ4v) is 2.40. The summed E-state index contributed by atoms with van der Waals surface area (Å²) in [4.78, 5) is 23.9. The van der Waals surface area contributed by atoms with Crippen molar-refractivity contribution in [3.8, 4) is 0 Å². The van der Waals surface area contributed by atoms with Crippen LogP contribution in [0.4, 0.5) is 4.79 Å². The SMILES string of the molecule is CC.O=C1NC(=O)C(c2ccccc2)(c2ccccc2)N1. The van der Waals surface area contributed by atoms with Gasteiger partial charge < -0.3 is 5.32 Å². The number of benzene rings is 2. The Morgan fingerprint density at radius 3 is 1.52 bits per heavy atom. The summed E-state index contributed by atoms with van der Waals surface area (Å²) >= 11 is 0. The summed E-state index contributed by atoms with van der Waals surface area (Å²) in [6.45, 7) is 4.00. The van der Waals surface area contributed by atoms with Gasteiger partial charge in [-0.15, -0.1) is 0 Å². The molecular weight excluding hydrogens is 264 g/mol. The molecule has 1 aliphatic rings. The third-order valence-corrected chi connectivity index (χ3v) is 3.28. The van der Waals surface area contributed by atoms with Crippen LogP contribution in [0, 0.1) is 0 Å². The highest BCUT2D eigenvalue weighted by Gasteiger charge is 2.48. The number of nitrogens with one attached hydrogen (secondary N) is 2. The van der Waals surface area contributed by atoms with Crippen molar-refractivity contribution in [2.45, 2.75) is 19.4 Å². The maximum Gasteiger partial charge on any atom is 0.322 e. The molecule has 0 spiro atoms. The Morgan fingerprint density at radius 1 is 0.762 bits per heavy atom. The predicted octanol–water partition coefficient (Wildman–Crippen LogP) is 2.80. The van der Waals surface area contributed by atoms with E-state index in [0.717, 1.165) is 11.1 Å². The molecule has 4 heteroatoms. The molecule has 2 aromatic rings. The Bertz CT molecular complexity index is 584. The van der Waals surface area contributed by atoms with E-state index in [-0.39, 0.29) is 5.91 Å². The van der Waals surface area contributed by atoms with Crippen LogP contribution in [-0.2, 0) is 10.3 Å². The summed E-state index contributed by atoms with van der Waals surface area (Å²) in [7, 11) is 0. The van der Waals surface area contributed by atoms with Crippen LogP contribution < -0.4 is 10.6 Å². The van der Waals surface area contributed by atoms with Gasteiger partial charge in [-0.3, -0.25) is 10.1 Å². The number of carbonyl (C=O) groups is 2. The monoisotopic (exact) mass is 282 g/mol. The molecule has 0 saturated carbocycles. The molecule has 3 rings (SSSR count). The van der Waals surface area contributed by atoms with Crippen molar-refractivity contribution < 1.29 is 9.59 Å². The van der Waals surface area contributed by atoms with Gasteiger partial charge in [-0.2, -0.15) is 0 Å². The van der Waals surface area contributed by atoms with E-state index in [4.69, 9.17) is 0 Å². The number of carbonyl (C=O) groups excluding carboxylic acids is 2. The van der Waals surface area contributed by atoms with Crippen LogP contribution in [0.2, 0.25) is 0 Å². The Morgan fingerprint density at radius 2 is 1.19 bits per heavy atom. The molecule has 1 heterocycles.